The summed E-state index contributed by atoms with van der Waals surface area (Å²) < 4.78 is 0. The average molecular weight is 248 g/mol. The second-order valence-corrected chi connectivity index (χ2v) is 5.49. The Balaban J connectivity index is 1.64. The van der Waals surface area contributed by atoms with E-state index < -0.39 is 0 Å². The smallest absolute Gasteiger partial charge is 0.293 e. The van der Waals surface area contributed by atoms with Crippen molar-refractivity contribution in [3.63, 3.8) is 0 Å². The van der Waals surface area contributed by atoms with Gasteiger partial charge in [0, 0.05) is 0 Å². The number of benzene rings is 1. The third-order valence-electron chi connectivity index (χ3n) is 3.27. The van der Waals surface area contributed by atoms with Crippen LogP contribution in [0.15, 0.2) is 18.2 Å². The maximum atomic E-state index is 11.6. The molecular formula is C15H20O3. The van der Waals surface area contributed by atoms with Gasteiger partial charge in [-0.25, -0.2) is 4.79 Å². The lowest BCUT2D eigenvalue weighted by Crippen LogP contribution is -2.14. The second kappa shape index (κ2) is 5.53. The van der Waals surface area contributed by atoms with Gasteiger partial charge in [0.1, 0.15) is 0 Å². The summed E-state index contributed by atoms with van der Waals surface area (Å²) in [4.78, 5) is 21.4. The van der Waals surface area contributed by atoms with Crippen LogP contribution in [0.2, 0.25) is 0 Å². The van der Waals surface area contributed by atoms with Crippen LogP contribution in [0.4, 0.5) is 0 Å². The molecule has 0 heterocycles. The molecule has 18 heavy (non-hydrogen) atoms. The quantitative estimate of drug-likeness (QED) is 0.556. The topological polar surface area (TPSA) is 35.5 Å². The standard InChI is InChI=1S/C15H20O3/c1-10(2)4-5-11(3)9-17-18-15(16)14-8-12-6-7-13(12)14/h6-8,10-11H,4-5,9H2,1-3H3. The van der Waals surface area contributed by atoms with Gasteiger partial charge in [0.15, 0.2) is 0 Å². The van der Waals surface area contributed by atoms with E-state index in [4.69, 9.17) is 9.78 Å². The summed E-state index contributed by atoms with van der Waals surface area (Å²) >= 11 is 0. The normalized spacial score (nSPS) is 13.6. The lowest BCUT2D eigenvalue weighted by atomic mass is 9.99. The van der Waals surface area contributed by atoms with Crippen molar-refractivity contribution in [2.45, 2.75) is 33.6 Å². The Morgan fingerprint density at radius 2 is 2.00 bits per heavy atom. The summed E-state index contributed by atoms with van der Waals surface area (Å²) in [7, 11) is 0. The van der Waals surface area contributed by atoms with Gasteiger partial charge in [-0.2, -0.15) is 4.89 Å². The van der Waals surface area contributed by atoms with Crippen molar-refractivity contribution in [2.75, 3.05) is 6.61 Å². The lowest BCUT2D eigenvalue weighted by Gasteiger charge is -2.13. The maximum absolute atomic E-state index is 11.6. The molecule has 3 nitrogen and oxygen atoms in total. The number of carbonyl (C=O) groups is 1. The van der Waals surface area contributed by atoms with Crippen LogP contribution in [0, 0.1) is 22.3 Å². The highest BCUT2D eigenvalue weighted by molar-refractivity contribution is 5.91. The summed E-state index contributed by atoms with van der Waals surface area (Å²) in [6, 6.07) is 5.71. The SMILES string of the molecule is CC(C)CCC(C)COOC(=O)c1cc2ccc1=2. The van der Waals surface area contributed by atoms with E-state index in [1.165, 1.54) is 6.42 Å². The molecule has 0 radical (unpaired) electrons. The van der Waals surface area contributed by atoms with Crippen molar-refractivity contribution in [3.8, 4) is 0 Å². The van der Waals surface area contributed by atoms with Crippen LogP contribution < -0.4 is 0 Å². The summed E-state index contributed by atoms with van der Waals surface area (Å²) in [6.07, 6.45) is 2.26. The first-order chi connectivity index (χ1) is 8.58. The Hall–Kier alpha value is -1.35. The van der Waals surface area contributed by atoms with E-state index in [1.54, 1.807) is 0 Å². The molecule has 1 unspecified atom stereocenters. The van der Waals surface area contributed by atoms with E-state index in [0.29, 0.717) is 24.0 Å². The molecule has 0 amide bonds. The largest absolute Gasteiger partial charge is 0.373 e. The third kappa shape index (κ3) is 2.91. The van der Waals surface area contributed by atoms with Gasteiger partial charge in [-0.05, 0) is 34.8 Å². The Morgan fingerprint density at radius 1 is 1.22 bits per heavy atom. The van der Waals surface area contributed by atoms with Gasteiger partial charge in [-0.3, -0.25) is 4.89 Å². The van der Waals surface area contributed by atoms with E-state index in [-0.39, 0.29) is 5.97 Å². The zero-order valence-electron chi connectivity index (χ0n) is 11.2. The van der Waals surface area contributed by atoms with E-state index in [0.717, 1.165) is 16.9 Å². The first-order valence-corrected chi connectivity index (χ1v) is 6.56. The van der Waals surface area contributed by atoms with Gasteiger partial charge in [0.2, 0.25) is 0 Å². The van der Waals surface area contributed by atoms with Crippen molar-refractivity contribution in [2.24, 2.45) is 11.8 Å². The van der Waals surface area contributed by atoms with Crippen molar-refractivity contribution >= 4 is 5.97 Å². The second-order valence-electron chi connectivity index (χ2n) is 5.49. The van der Waals surface area contributed by atoms with Gasteiger partial charge < -0.3 is 0 Å². The van der Waals surface area contributed by atoms with Crippen LogP contribution in [0.5, 0.6) is 0 Å². The van der Waals surface area contributed by atoms with Crippen molar-refractivity contribution in [1.29, 1.82) is 0 Å². The fraction of sp³-hybridized carbons (Fsp3) is 0.533. The molecule has 2 aliphatic carbocycles. The van der Waals surface area contributed by atoms with E-state index >= 15 is 0 Å². The molecule has 1 atom stereocenters. The molecule has 0 aromatic rings. The number of carbonyl (C=O) groups excluding carboxylic acids is 1. The summed E-state index contributed by atoms with van der Waals surface area (Å²) in [5, 5.41) is 2.13. The fourth-order valence-corrected chi connectivity index (χ4v) is 1.91. The highest BCUT2D eigenvalue weighted by Gasteiger charge is 2.16. The summed E-state index contributed by atoms with van der Waals surface area (Å²) in [5.41, 5.74) is 0.627. The average Bonchev–Trinajstić information content (AvgIpc) is 2.29. The highest BCUT2D eigenvalue weighted by atomic mass is 17.2. The van der Waals surface area contributed by atoms with E-state index in [1.807, 2.05) is 18.2 Å². The van der Waals surface area contributed by atoms with Gasteiger partial charge in [0.05, 0.1) is 12.2 Å². The van der Waals surface area contributed by atoms with Crippen LogP contribution in [0.25, 0.3) is 0 Å². The Morgan fingerprint density at radius 3 is 2.50 bits per heavy atom. The molecule has 98 valence electrons. The Kier molecular flexibility index (Phi) is 4.02. The minimum Gasteiger partial charge on any atom is -0.293 e. The highest BCUT2D eigenvalue weighted by Crippen LogP contribution is 2.17. The van der Waals surface area contributed by atoms with Gasteiger partial charge >= 0.3 is 5.97 Å². The third-order valence-corrected chi connectivity index (χ3v) is 3.27. The zero-order chi connectivity index (χ0) is 13.1. The molecular weight excluding hydrogens is 228 g/mol. The van der Waals surface area contributed by atoms with Crippen LogP contribution in [-0.2, 0) is 9.78 Å². The molecule has 0 aromatic carbocycles. The fourth-order valence-electron chi connectivity index (χ4n) is 1.91. The molecule has 3 heteroatoms. The molecule has 0 aliphatic heterocycles. The minimum absolute atomic E-state index is 0.380. The predicted octanol–water partition coefficient (Wildman–Crippen LogP) is 3.45. The molecule has 0 saturated heterocycles. The first kappa shape index (κ1) is 13.1. The lowest BCUT2D eigenvalue weighted by molar-refractivity contribution is -0.248. The Bertz CT molecular complexity index is 519. The van der Waals surface area contributed by atoms with Crippen LogP contribution in [-0.4, -0.2) is 12.6 Å². The minimum atomic E-state index is -0.380. The number of hydrogen-bond donors (Lipinski definition) is 0. The molecule has 2 aliphatic rings. The zero-order valence-corrected chi connectivity index (χ0v) is 11.2. The molecule has 2 rings (SSSR count). The van der Waals surface area contributed by atoms with Crippen LogP contribution in [0.1, 0.15) is 44.0 Å². The number of hydrogen-bond acceptors (Lipinski definition) is 3. The van der Waals surface area contributed by atoms with Crippen LogP contribution in [0.3, 0.4) is 0 Å². The summed E-state index contributed by atoms with van der Waals surface area (Å²) in [5.74, 6) is 0.731. The van der Waals surface area contributed by atoms with Crippen LogP contribution >= 0.6 is 0 Å². The first-order valence-electron chi connectivity index (χ1n) is 6.56. The van der Waals surface area contributed by atoms with Crippen molar-refractivity contribution in [1.82, 2.24) is 0 Å². The Labute approximate surface area is 107 Å². The molecule has 0 bridgehead atoms. The van der Waals surface area contributed by atoms with E-state index in [2.05, 4.69) is 20.8 Å². The maximum Gasteiger partial charge on any atom is 0.373 e. The van der Waals surface area contributed by atoms with E-state index in [9.17, 15) is 4.79 Å². The summed E-state index contributed by atoms with van der Waals surface area (Å²) in [6.45, 7) is 6.98. The molecule has 0 N–H and O–H groups in total. The molecule has 0 aromatic heterocycles. The van der Waals surface area contributed by atoms with Crippen molar-refractivity contribution < 1.29 is 14.6 Å². The monoisotopic (exact) mass is 248 g/mol. The molecule has 0 saturated carbocycles. The number of rotatable bonds is 7. The molecule has 0 fully saturated rings. The molecule has 0 spiro atoms. The van der Waals surface area contributed by atoms with Gasteiger partial charge in [-0.1, -0.05) is 39.3 Å². The van der Waals surface area contributed by atoms with Gasteiger partial charge in [0.25, 0.3) is 0 Å². The van der Waals surface area contributed by atoms with Crippen molar-refractivity contribution in [3.05, 3.63) is 34.2 Å². The predicted molar refractivity (Wildman–Crippen MR) is 68.7 cm³/mol. The van der Waals surface area contributed by atoms with Gasteiger partial charge in [-0.15, -0.1) is 0 Å².